The molecular weight excluding hydrogens is 288 g/mol. The van der Waals surface area contributed by atoms with E-state index in [-0.39, 0.29) is 0 Å². The summed E-state index contributed by atoms with van der Waals surface area (Å²) in [6.45, 7) is 6.30. The lowest BCUT2D eigenvalue weighted by atomic mass is 10.1. The standard InChI is InChI=1S/C16H21ClN2O2/c1-10-6-16(19(8-11(2)20)9-12(3)21)18-15-7-13(17)4-5-14(10)15/h4-7,11-12,20-21H,8-9H2,1-3H3. The van der Waals surface area contributed by atoms with Crippen LogP contribution in [0.15, 0.2) is 24.3 Å². The van der Waals surface area contributed by atoms with Crippen LogP contribution in [-0.2, 0) is 0 Å². The summed E-state index contributed by atoms with van der Waals surface area (Å²) in [6.07, 6.45) is -0.998. The number of hydrogen-bond donors (Lipinski definition) is 2. The van der Waals surface area contributed by atoms with Crippen LogP contribution in [0, 0.1) is 6.92 Å². The van der Waals surface area contributed by atoms with E-state index in [9.17, 15) is 10.2 Å². The number of benzene rings is 1. The predicted octanol–water partition coefficient (Wildman–Crippen LogP) is 2.76. The zero-order valence-corrected chi connectivity index (χ0v) is 13.3. The Labute approximate surface area is 130 Å². The smallest absolute Gasteiger partial charge is 0.129 e. The molecule has 2 unspecified atom stereocenters. The maximum absolute atomic E-state index is 9.65. The van der Waals surface area contributed by atoms with Gasteiger partial charge in [0.05, 0.1) is 17.7 Å². The molecule has 0 amide bonds. The van der Waals surface area contributed by atoms with Crippen LogP contribution in [0.3, 0.4) is 0 Å². The van der Waals surface area contributed by atoms with Gasteiger partial charge in [0.15, 0.2) is 0 Å². The molecule has 0 aliphatic heterocycles. The van der Waals surface area contributed by atoms with Gasteiger partial charge < -0.3 is 15.1 Å². The Balaban J connectivity index is 2.46. The van der Waals surface area contributed by atoms with Crippen molar-refractivity contribution in [3.05, 3.63) is 34.9 Å². The van der Waals surface area contributed by atoms with Gasteiger partial charge in [-0.25, -0.2) is 4.98 Å². The molecule has 0 bridgehead atoms. The number of nitrogens with zero attached hydrogens (tertiary/aromatic N) is 2. The van der Waals surface area contributed by atoms with E-state index < -0.39 is 12.2 Å². The highest BCUT2D eigenvalue weighted by Crippen LogP contribution is 2.25. The summed E-state index contributed by atoms with van der Waals surface area (Å²) in [5, 5.41) is 21.0. The molecule has 2 aromatic rings. The Morgan fingerprint density at radius 1 is 1.14 bits per heavy atom. The van der Waals surface area contributed by atoms with Crippen molar-refractivity contribution in [3.8, 4) is 0 Å². The zero-order valence-electron chi connectivity index (χ0n) is 12.5. The quantitative estimate of drug-likeness (QED) is 0.892. The van der Waals surface area contributed by atoms with Gasteiger partial charge in [-0.15, -0.1) is 0 Å². The summed E-state index contributed by atoms with van der Waals surface area (Å²) in [5.41, 5.74) is 1.91. The lowest BCUT2D eigenvalue weighted by Crippen LogP contribution is -2.37. The average Bonchev–Trinajstić information content (AvgIpc) is 2.36. The fraction of sp³-hybridized carbons (Fsp3) is 0.438. The van der Waals surface area contributed by atoms with Crippen LogP contribution in [0.4, 0.5) is 5.82 Å². The average molecular weight is 309 g/mol. The van der Waals surface area contributed by atoms with Crippen molar-refractivity contribution >= 4 is 28.3 Å². The van der Waals surface area contributed by atoms with Gasteiger partial charge in [0.1, 0.15) is 5.82 Å². The normalized spacial score (nSPS) is 14.2. The number of aliphatic hydroxyl groups is 2. The molecule has 0 radical (unpaired) electrons. The van der Waals surface area contributed by atoms with Gasteiger partial charge in [-0.3, -0.25) is 0 Å². The van der Waals surface area contributed by atoms with E-state index in [2.05, 4.69) is 4.98 Å². The van der Waals surface area contributed by atoms with Crippen LogP contribution in [-0.4, -0.2) is 40.5 Å². The number of fused-ring (bicyclic) bond motifs is 1. The molecule has 0 aliphatic rings. The molecule has 0 saturated carbocycles. The summed E-state index contributed by atoms with van der Waals surface area (Å²) in [4.78, 5) is 6.51. The molecule has 0 fully saturated rings. The van der Waals surface area contributed by atoms with Crippen molar-refractivity contribution in [2.24, 2.45) is 0 Å². The van der Waals surface area contributed by atoms with E-state index in [0.29, 0.717) is 18.1 Å². The highest BCUT2D eigenvalue weighted by molar-refractivity contribution is 6.31. The molecule has 5 heteroatoms. The van der Waals surface area contributed by atoms with Gasteiger partial charge in [0.2, 0.25) is 0 Å². The minimum Gasteiger partial charge on any atom is -0.392 e. The van der Waals surface area contributed by atoms with Crippen LogP contribution < -0.4 is 4.90 Å². The minimum absolute atomic E-state index is 0.420. The van der Waals surface area contributed by atoms with Crippen molar-refractivity contribution in [2.75, 3.05) is 18.0 Å². The Kier molecular flexibility index (Phi) is 5.04. The Morgan fingerprint density at radius 3 is 2.33 bits per heavy atom. The molecule has 1 aromatic heterocycles. The summed E-state index contributed by atoms with van der Waals surface area (Å²) in [5.74, 6) is 0.740. The topological polar surface area (TPSA) is 56.6 Å². The summed E-state index contributed by atoms with van der Waals surface area (Å²) < 4.78 is 0. The first-order valence-corrected chi connectivity index (χ1v) is 7.42. The Hall–Kier alpha value is -1.36. The summed E-state index contributed by atoms with van der Waals surface area (Å²) in [6, 6.07) is 7.61. The van der Waals surface area contributed by atoms with Crippen molar-refractivity contribution < 1.29 is 10.2 Å². The molecule has 114 valence electrons. The highest BCUT2D eigenvalue weighted by atomic mass is 35.5. The van der Waals surface area contributed by atoms with E-state index in [0.717, 1.165) is 22.3 Å². The van der Waals surface area contributed by atoms with Crippen molar-refractivity contribution in [1.82, 2.24) is 4.98 Å². The maximum Gasteiger partial charge on any atom is 0.129 e. The second kappa shape index (κ2) is 6.60. The van der Waals surface area contributed by atoms with Gasteiger partial charge in [0, 0.05) is 23.5 Å². The monoisotopic (exact) mass is 308 g/mol. The fourth-order valence-corrected chi connectivity index (χ4v) is 2.59. The van der Waals surface area contributed by atoms with Crippen LogP contribution >= 0.6 is 11.6 Å². The SMILES string of the molecule is Cc1cc(N(CC(C)O)CC(C)O)nc2cc(Cl)ccc12. The summed E-state index contributed by atoms with van der Waals surface area (Å²) >= 11 is 6.04. The molecule has 2 atom stereocenters. The molecule has 0 saturated heterocycles. The Bertz CT molecular complexity index is 619. The van der Waals surface area contributed by atoms with Crippen LogP contribution in [0.25, 0.3) is 10.9 Å². The molecule has 2 N–H and O–H groups in total. The lowest BCUT2D eigenvalue weighted by molar-refractivity contribution is 0.178. The number of hydrogen-bond acceptors (Lipinski definition) is 4. The summed E-state index contributed by atoms with van der Waals surface area (Å²) in [7, 11) is 0. The minimum atomic E-state index is -0.499. The number of anilines is 1. The van der Waals surface area contributed by atoms with Gasteiger partial charge in [-0.2, -0.15) is 0 Å². The van der Waals surface area contributed by atoms with Crippen molar-refractivity contribution in [2.45, 2.75) is 33.0 Å². The number of aryl methyl sites for hydroxylation is 1. The van der Waals surface area contributed by atoms with E-state index in [4.69, 9.17) is 11.6 Å². The molecule has 4 nitrogen and oxygen atoms in total. The largest absolute Gasteiger partial charge is 0.392 e. The van der Waals surface area contributed by atoms with E-state index in [1.54, 1.807) is 13.8 Å². The van der Waals surface area contributed by atoms with Crippen LogP contribution in [0.5, 0.6) is 0 Å². The molecular formula is C16H21ClN2O2. The second-order valence-corrected chi connectivity index (χ2v) is 6.00. The fourth-order valence-electron chi connectivity index (χ4n) is 2.42. The highest BCUT2D eigenvalue weighted by Gasteiger charge is 2.15. The van der Waals surface area contributed by atoms with Crippen molar-refractivity contribution in [3.63, 3.8) is 0 Å². The maximum atomic E-state index is 9.65. The van der Waals surface area contributed by atoms with Gasteiger partial charge >= 0.3 is 0 Å². The van der Waals surface area contributed by atoms with E-state index in [1.807, 2.05) is 36.1 Å². The predicted molar refractivity (Wildman–Crippen MR) is 87.1 cm³/mol. The van der Waals surface area contributed by atoms with E-state index >= 15 is 0 Å². The van der Waals surface area contributed by atoms with Crippen LogP contribution in [0.2, 0.25) is 5.02 Å². The van der Waals surface area contributed by atoms with Gasteiger partial charge in [-0.05, 0) is 44.5 Å². The van der Waals surface area contributed by atoms with Crippen molar-refractivity contribution in [1.29, 1.82) is 0 Å². The number of aliphatic hydroxyl groups excluding tert-OH is 2. The number of pyridine rings is 1. The molecule has 21 heavy (non-hydrogen) atoms. The number of aromatic nitrogens is 1. The number of rotatable bonds is 5. The first-order valence-electron chi connectivity index (χ1n) is 7.05. The van der Waals surface area contributed by atoms with Gasteiger partial charge in [-0.1, -0.05) is 17.7 Å². The van der Waals surface area contributed by atoms with E-state index in [1.165, 1.54) is 0 Å². The Morgan fingerprint density at radius 2 is 1.76 bits per heavy atom. The first kappa shape index (κ1) is 16.0. The molecule has 0 spiro atoms. The second-order valence-electron chi connectivity index (χ2n) is 5.56. The third-order valence-electron chi connectivity index (χ3n) is 3.26. The molecule has 2 rings (SSSR count). The number of halogens is 1. The zero-order chi connectivity index (χ0) is 15.6. The molecule has 1 heterocycles. The third-order valence-corrected chi connectivity index (χ3v) is 3.49. The van der Waals surface area contributed by atoms with Crippen LogP contribution in [0.1, 0.15) is 19.4 Å². The molecule has 0 aliphatic carbocycles. The lowest BCUT2D eigenvalue weighted by Gasteiger charge is -2.27. The first-order chi connectivity index (χ1) is 9.86. The van der Waals surface area contributed by atoms with Gasteiger partial charge in [0.25, 0.3) is 0 Å². The third kappa shape index (κ3) is 4.06. The molecule has 1 aromatic carbocycles.